The number of aryl methyl sites for hydroxylation is 1. The molecule has 2 aromatic carbocycles. The van der Waals surface area contributed by atoms with Gasteiger partial charge in [0.05, 0.1) is 0 Å². The second-order valence-corrected chi connectivity index (χ2v) is 7.43. The summed E-state index contributed by atoms with van der Waals surface area (Å²) in [5.74, 6) is -0.0875. The van der Waals surface area contributed by atoms with E-state index >= 15 is 0 Å². The van der Waals surface area contributed by atoms with Gasteiger partial charge in [0.25, 0.3) is 5.91 Å². The normalized spacial score (nSPS) is 11.4. The van der Waals surface area contributed by atoms with E-state index in [4.69, 9.17) is 0 Å². The van der Waals surface area contributed by atoms with Crippen LogP contribution in [0.1, 0.15) is 49.3 Å². The third-order valence-electron chi connectivity index (χ3n) is 5.18. The second-order valence-electron chi connectivity index (χ2n) is 7.43. The number of benzene rings is 2. The molecular weight excluding hydrogens is 346 g/mol. The standard InChI is InChI=1S/C24H31N3O/c1-4-14-27(15-5-2)16-8-13-25-24(28)23-17-22-20(18(3)26-23)12-11-19-9-6-7-10-21(19)22/h6-7,9-12,17H,4-5,8,13-16H2,1-3H3,(H,25,28). The molecule has 0 saturated carbocycles. The first-order chi connectivity index (χ1) is 13.6. The molecule has 0 radical (unpaired) electrons. The number of amides is 1. The SMILES string of the molecule is CCCN(CCC)CCCNC(=O)c1cc2c(ccc3ccccc32)c(C)n1. The quantitative estimate of drug-likeness (QED) is 0.424. The molecule has 1 N–H and O–H groups in total. The average molecular weight is 378 g/mol. The minimum absolute atomic E-state index is 0.0875. The Labute approximate surface area is 167 Å². The molecule has 0 fully saturated rings. The molecule has 0 aliphatic heterocycles. The Morgan fingerprint density at radius 1 is 0.964 bits per heavy atom. The number of rotatable bonds is 9. The lowest BCUT2D eigenvalue weighted by Crippen LogP contribution is -2.31. The van der Waals surface area contributed by atoms with E-state index < -0.39 is 0 Å². The van der Waals surface area contributed by atoms with Gasteiger partial charge in [0.15, 0.2) is 0 Å². The average Bonchev–Trinajstić information content (AvgIpc) is 2.71. The maximum atomic E-state index is 12.7. The largest absolute Gasteiger partial charge is 0.351 e. The van der Waals surface area contributed by atoms with Crippen LogP contribution in [0.4, 0.5) is 0 Å². The van der Waals surface area contributed by atoms with Crippen molar-refractivity contribution in [1.82, 2.24) is 15.2 Å². The fraction of sp³-hybridized carbons (Fsp3) is 0.417. The zero-order valence-corrected chi connectivity index (χ0v) is 17.3. The van der Waals surface area contributed by atoms with Crippen molar-refractivity contribution in [3.05, 3.63) is 53.9 Å². The molecular formula is C24H31N3O. The summed E-state index contributed by atoms with van der Waals surface area (Å²) in [7, 11) is 0. The molecule has 28 heavy (non-hydrogen) atoms. The Balaban J connectivity index is 1.71. The van der Waals surface area contributed by atoms with Crippen LogP contribution in [0, 0.1) is 6.92 Å². The van der Waals surface area contributed by atoms with Crippen LogP contribution in [0.2, 0.25) is 0 Å². The van der Waals surface area contributed by atoms with Gasteiger partial charge in [-0.1, -0.05) is 50.2 Å². The van der Waals surface area contributed by atoms with Gasteiger partial charge in [-0.05, 0) is 68.0 Å². The fourth-order valence-electron chi connectivity index (χ4n) is 3.86. The number of carbonyl (C=O) groups excluding carboxylic acids is 1. The molecule has 1 amide bonds. The lowest BCUT2D eigenvalue weighted by molar-refractivity contribution is 0.0946. The van der Waals surface area contributed by atoms with E-state index in [9.17, 15) is 4.79 Å². The summed E-state index contributed by atoms with van der Waals surface area (Å²) < 4.78 is 0. The molecule has 0 spiro atoms. The van der Waals surface area contributed by atoms with Gasteiger partial charge in [0.1, 0.15) is 5.69 Å². The summed E-state index contributed by atoms with van der Waals surface area (Å²) in [6, 6.07) is 14.4. The topological polar surface area (TPSA) is 45.2 Å². The smallest absolute Gasteiger partial charge is 0.269 e. The zero-order chi connectivity index (χ0) is 19.9. The van der Waals surface area contributed by atoms with Gasteiger partial charge < -0.3 is 10.2 Å². The highest BCUT2D eigenvalue weighted by molar-refractivity contribution is 6.10. The number of pyridine rings is 1. The van der Waals surface area contributed by atoms with Crippen LogP contribution in [0.3, 0.4) is 0 Å². The van der Waals surface area contributed by atoms with Gasteiger partial charge in [-0.3, -0.25) is 4.79 Å². The van der Waals surface area contributed by atoms with E-state index in [-0.39, 0.29) is 5.91 Å². The Hall–Kier alpha value is -2.46. The summed E-state index contributed by atoms with van der Waals surface area (Å²) in [5.41, 5.74) is 1.39. The molecule has 1 aromatic heterocycles. The number of hydrogen-bond acceptors (Lipinski definition) is 3. The lowest BCUT2D eigenvalue weighted by Gasteiger charge is -2.20. The van der Waals surface area contributed by atoms with E-state index in [0.717, 1.165) is 47.9 Å². The van der Waals surface area contributed by atoms with Gasteiger partial charge in [0.2, 0.25) is 0 Å². The van der Waals surface area contributed by atoms with E-state index in [0.29, 0.717) is 12.2 Å². The van der Waals surface area contributed by atoms with Gasteiger partial charge >= 0.3 is 0 Å². The van der Waals surface area contributed by atoms with Gasteiger partial charge in [-0.2, -0.15) is 0 Å². The van der Waals surface area contributed by atoms with Crippen LogP contribution in [-0.4, -0.2) is 42.0 Å². The Morgan fingerprint density at radius 3 is 2.46 bits per heavy atom. The van der Waals surface area contributed by atoms with E-state index in [1.54, 1.807) is 0 Å². The second kappa shape index (κ2) is 9.65. The van der Waals surface area contributed by atoms with E-state index in [1.807, 2.05) is 25.1 Å². The monoisotopic (exact) mass is 377 g/mol. The first kappa shape index (κ1) is 20.3. The molecule has 0 bridgehead atoms. The zero-order valence-electron chi connectivity index (χ0n) is 17.3. The van der Waals surface area contributed by atoms with Crippen molar-refractivity contribution in [2.75, 3.05) is 26.2 Å². The molecule has 1 heterocycles. The highest BCUT2D eigenvalue weighted by Gasteiger charge is 2.12. The molecule has 4 heteroatoms. The summed E-state index contributed by atoms with van der Waals surface area (Å²) in [5, 5.41) is 7.58. The Kier molecular flexibility index (Phi) is 6.99. The molecule has 0 aliphatic rings. The van der Waals surface area contributed by atoms with Crippen LogP contribution >= 0.6 is 0 Å². The predicted octanol–water partition coefficient (Wildman–Crippen LogP) is 4.94. The Morgan fingerprint density at radius 2 is 1.71 bits per heavy atom. The first-order valence-electron chi connectivity index (χ1n) is 10.4. The van der Waals surface area contributed by atoms with Gasteiger partial charge in [0, 0.05) is 17.6 Å². The summed E-state index contributed by atoms with van der Waals surface area (Å²) in [6.45, 7) is 10.3. The van der Waals surface area contributed by atoms with Crippen LogP contribution < -0.4 is 5.32 Å². The summed E-state index contributed by atoms with van der Waals surface area (Å²) in [4.78, 5) is 19.7. The highest BCUT2D eigenvalue weighted by atomic mass is 16.1. The van der Waals surface area contributed by atoms with Crippen molar-refractivity contribution in [2.24, 2.45) is 0 Å². The van der Waals surface area contributed by atoms with E-state index in [2.05, 4.69) is 53.3 Å². The van der Waals surface area contributed by atoms with Crippen LogP contribution in [0.25, 0.3) is 21.5 Å². The van der Waals surface area contributed by atoms with Crippen molar-refractivity contribution in [1.29, 1.82) is 0 Å². The third-order valence-corrected chi connectivity index (χ3v) is 5.18. The predicted molar refractivity (Wildman–Crippen MR) is 118 cm³/mol. The summed E-state index contributed by atoms with van der Waals surface area (Å²) >= 11 is 0. The molecule has 0 unspecified atom stereocenters. The van der Waals surface area contributed by atoms with Gasteiger partial charge in [-0.15, -0.1) is 0 Å². The van der Waals surface area contributed by atoms with E-state index in [1.165, 1.54) is 18.2 Å². The number of hydrogen-bond donors (Lipinski definition) is 1. The lowest BCUT2D eigenvalue weighted by atomic mass is 10.0. The van der Waals surface area contributed by atoms with Gasteiger partial charge in [-0.25, -0.2) is 4.98 Å². The van der Waals surface area contributed by atoms with Crippen molar-refractivity contribution in [2.45, 2.75) is 40.0 Å². The molecule has 0 aliphatic carbocycles. The number of aromatic nitrogens is 1. The summed E-state index contributed by atoms with van der Waals surface area (Å²) in [6.07, 6.45) is 3.29. The number of carbonyl (C=O) groups is 1. The van der Waals surface area contributed by atoms with Crippen LogP contribution in [0.15, 0.2) is 42.5 Å². The first-order valence-corrected chi connectivity index (χ1v) is 10.4. The molecule has 3 aromatic rings. The Bertz CT molecular complexity index is 945. The molecule has 0 atom stereocenters. The minimum atomic E-state index is -0.0875. The molecule has 0 saturated heterocycles. The van der Waals surface area contributed by atoms with Crippen molar-refractivity contribution in [3.63, 3.8) is 0 Å². The van der Waals surface area contributed by atoms with Crippen LogP contribution in [0.5, 0.6) is 0 Å². The maximum Gasteiger partial charge on any atom is 0.269 e. The fourth-order valence-corrected chi connectivity index (χ4v) is 3.86. The molecule has 3 rings (SSSR count). The van der Waals surface area contributed by atoms with Crippen molar-refractivity contribution in [3.8, 4) is 0 Å². The molecule has 4 nitrogen and oxygen atoms in total. The maximum absolute atomic E-state index is 12.7. The van der Waals surface area contributed by atoms with Crippen LogP contribution in [-0.2, 0) is 0 Å². The van der Waals surface area contributed by atoms with Crippen molar-refractivity contribution < 1.29 is 4.79 Å². The number of nitrogens with one attached hydrogen (secondary N) is 1. The third kappa shape index (κ3) is 4.68. The van der Waals surface area contributed by atoms with Crippen molar-refractivity contribution >= 4 is 27.5 Å². The number of nitrogens with zero attached hydrogens (tertiary/aromatic N) is 2. The number of fused-ring (bicyclic) bond motifs is 3. The highest BCUT2D eigenvalue weighted by Crippen LogP contribution is 2.27. The molecule has 148 valence electrons. The minimum Gasteiger partial charge on any atom is -0.351 e.